The molecule has 8 heteroatoms. The van der Waals surface area contributed by atoms with Gasteiger partial charge >= 0.3 is 5.97 Å². The van der Waals surface area contributed by atoms with Crippen molar-refractivity contribution < 1.29 is 18.9 Å². The molecule has 27 heavy (non-hydrogen) atoms. The maximum atomic E-state index is 12.3. The SMILES string of the molecule is Cc1cc(C)cc(C(=O)O[C@H](C)c2nnc(-c3ccc([N+](=O)[O-])cc3)o2)c1. The number of esters is 1. The zero-order chi connectivity index (χ0) is 19.6. The Balaban J connectivity index is 1.73. The molecule has 0 spiro atoms. The lowest BCUT2D eigenvalue weighted by atomic mass is 10.1. The Morgan fingerprint density at radius 2 is 1.74 bits per heavy atom. The minimum atomic E-state index is -0.738. The molecule has 2 aromatic carbocycles. The smallest absolute Gasteiger partial charge is 0.338 e. The third-order valence-electron chi connectivity index (χ3n) is 3.85. The fourth-order valence-electron chi connectivity index (χ4n) is 2.61. The number of non-ortho nitro benzene ring substituents is 1. The molecule has 3 aromatic rings. The number of hydrogen-bond donors (Lipinski definition) is 0. The van der Waals surface area contributed by atoms with Crippen LogP contribution in [0.3, 0.4) is 0 Å². The van der Waals surface area contributed by atoms with Gasteiger partial charge in [-0.1, -0.05) is 17.2 Å². The van der Waals surface area contributed by atoms with Gasteiger partial charge in [-0.3, -0.25) is 10.1 Å². The number of ether oxygens (including phenoxy) is 1. The van der Waals surface area contributed by atoms with Crippen LogP contribution in [0.4, 0.5) is 5.69 Å². The van der Waals surface area contributed by atoms with E-state index >= 15 is 0 Å². The summed E-state index contributed by atoms with van der Waals surface area (Å²) in [6, 6.07) is 11.2. The van der Waals surface area contributed by atoms with E-state index in [1.54, 1.807) is 19.1 Å². The summed E-state index contributed by atoms with van der Waals surface area (Å²) in [5.74, 6) is -0.153. The van der Waals surface area contributed by atoms with Crippen molar-refractivity contribution in [3.05, 3.63) is 75.2 Å². The van der Waals surface area contributed by atoms with Gasteiger partial charge in [0.15, 0.2) is 6.10 Å². The van der Waals surface area contributed by atoms with Crippen LogP contribution in [0.5, 0.6) is 0 Å². The molecule has 0 fully saturated rings. The fourth-order valence-corrected chi connectivity index (χ4v) is 2.61. The average molecular weight is 367 g/mol. The minimum absolute atomic E-state index is 0.0331. The van der Waals surface area contributed by atoms with Crippen LogP contribution in [0, 0.1) is 24.0 Å². The largest absolute Gasteiger partial charge is 0.449 e. The number of nitro benzene ring substituents is 1. The second-order valence-electron chi connectivity index (χ2n) is 6.17. The van der Waals surface area contributed by atoms with E-state index < -0.39 is 17.0 Å². The number of aryl methyl sites for hydroxylation is 2. The van der Waals surface area contributed by atoms with E-state index in [4.69, 9.17) is 9.15 Å². The lowest BCUT2D eigenvalue weighted by Gasteiger charge is -2.10. The Labute approximate surface area is 155 Å². The lowest BCUT2D eigenvalue weighted by Crippen LogP contribution is -2.10. The molecule has 0 radical (unpaired) electrons. The van der Waals surface area contributed by atoms with Crippen LogP contribution in [0.2, 0.25) is 0 Å². The minimum Gasteiger partial charge on any atom is -0.449 e. The number of rotatable bonds is 5. The van der Waals surface area contributed by atoms with E-state index in [1.165, 1.54) is 24.3 Å². The number of carbonyl (C=O) groups is 1. The molecule has 0 unspecified atom stereocenters. The van der Waals surface area contributed by atoms with E-state index in [-0.39, 0.29) is 17.5 Å². The highest BCUT2D eigenvalue weighted by atomic mass is 16.6. The number of hydrogen-bond acceptors (Lipinski definition) is 7. The van der Waals surface area contributed by atoms with Gasteiger partial charge in [-0.25, -0.2) is 4.79 Å². The highest BCUT2D eigenvalue weighted by molar-refractivity contribution is 5.90. The summed E-state index contributed by atoms with van der Waals surface area (Å²) in [5.41, 5.74) is 2.89. The molecule has 0 saturated carbocycles. The number of nitrogens with zero attached hydrogens (tertiary/aromatic N) is 3. The summed E-state index contributed by atoms with van der Waals surface area (Å²) in [4.78, 5) is 22.6. The van der Waals surface area contributed by atoms with Gasteiger partial charge in [-0.2, -0.15) is 0 Å². The Morgan fingerprint density at radius 3 is 2.33 bits per heavy atom. The summed E-state index contributed by atoms with van der Waals surface area (Å²) >= 11 is 0. The third-order valence-corrected chi connectivity index (χ3v) is 3.85. The zero-order valence-electron chi connectivity index (χ0n) is 15.0. The Hall–Kier alpha value is -3.55. The van der Waals surface area contributed by atoms with Crippen LogP contribution in [-0.2, 0) is 4.74 Å². The Bertz CT molecular complexity index is 975. The maximum absolute atomic E-state index is 12.3. The molecule has 0 aliphatic heterocycles. The van der Waals surface area contributed by atoms with Gasteiger partial charge in [0, 0.05) is 17.7 Å². The lowest BCUT2D eigenvalue weighted by molar-refractivity contribution is -0.384. The van der Waals surface area contributed by atoms with Gasteiger partial charge in [-0.15, -0.1) is 10.2 Å². The molecule has 8 nitrogen and oxygen atoms in total. The number of nitro groups is 1. The summed E-state index contributed by atoms with van der Waals surface area (Å²) in [5, 5.41) is 18.5. The molecule has 0 N–H and O–H groups in total. The molecule has 1 atom stereocenters. The van der Waals surface area contributed by atoms with Crippen LogP contribution in [0.25, 0.3) is 11.5 Å². The number of aromatic nitrogens is 2. The third kappa shape index (κ3) is 4.17. The molecular formula is C19H17N3O5. The predicted molar refractivity (Wildman–Crippen MR) is 96.1 cm³/mol. The number of benzene rings is 2. The first-order chi connectivity index (χ1) is 12.8. The van der Waals surface area contributed by atoms with Crippen molar-refractivity contribution in [2.45, 2.75) is 26.9 Å². The molecule has 3 rings (SSSR count). The van der Waals surface area contributed by atoms with Crippen molar-refractivity contribution >= 4 is 11.7 Å². The van der Waals surface area contributed by atoms with E-state index in [9.17, 15) is 14.9 Å². The Kier molecular flexibility index (Phi) is 4.98. The standard InChI is InChI=1S/C19H17N3O5/c1-11-8-12(2)10-15(9-11)19(23)26-13(3)17-20-21-18(27-17)14-4-6-16(7-5-14)22(24)25/h4-10,13H,1-3H3/t13-/m1/s1. The summed E-state index contributed by atoms with van der Waals surface area (Å²) in [6.07, 6.45) is -0.738. The first kappa shape index (κ1) is 18.2. The summed E-state index contributed by atoms with van der Waals surface area (Å²) in [6.45, 7) is 5.44. The van der Waals surface area contributed by atoms with Crippen LogP contribution in [-0.4, -0.2) is 21.1 Å². The summed E-state index contributed by atoms with van der Waals surface area (Å²) in [7, 11) is 0. The van der Waals surface area contributed by atoms with Crippen molar-refractivity contribution in [1.29, 1.82) is 0 Å². The molecule has 1 heterocycles. The molecule has 1 aromatic heterocycles. The van der Waals surface area contributed by atoms with Crippen molar-refractivity contribution in [2.24, 2.45) is 0 Å². The first-order valence-electron chi connectivity index (χ1n) is 8.21. The van der Waals surface area contributed by atoms with Crippen LogP contribution in [0.1, 0.15) is 40.4 Å². The van der Waals surface area contributed by atoms with Gasteiger partial charge in [0.25, 0.3) is 11.6 Å². The fraction of sp³-hybridized carbons (Fsp3) is 0.211. The van der Waals surface area contributed by atoms with E-state index in [2.05, 4.69) is 10.2 Å². The molecule has 138 valence electrons. The van der Waals surface area contributed by atoms with Gasteiger partial charge in [0.05, 0.1) is 10.5 Å². The van der Waals surface area contributed by atoms with Gasteiger partial charge < -0.3 is 9.15 Å². The first-order valence-corrected chi connectivity index (χ1v) is 8.21. The number of carbonyl (C=O) groups excluding carboxylic acids is 1. The zero-order valence-corrected chi connectivity index (χ0v) is 15.0. The van der Waals surface area contributed by atoms with Gasteiger partial charge in [0.1, 0.15) is 0 Å². The second kappa shape index (κ2) is 7.36. The van der Waals surface area contributed by atoms with Crippen LogP contribution < -0.4 is 0 Å². The van der Waals surface area contributed by atoms with Crippen molar-refractivity contribution in [3.8, 4) is 11.5 Å². The predicted octanol–water partition coefficient (Wildman–Crippen LogP) is 4.18. The van der Waals surface area contributed by atoms with E-state index in [0.717, 1.165) is 11.1 Å². The van der Waals surface area contributed by atoms with Gasteiger partial charge in [0.2, 0.25) is 5.89 Å². The van der Waals surface area contributed by atoms with Crippen molar-refractivity contribution in [3.63, 3.8) is 0 Å². The molecule has 0 saturated heterocycles. The highest BCUT2D eigenvalue weighted by Gasteiger charge is 2.20. The van der Waals surface area contributed by atoms with Crippen molar-refractivity contribution in [1.82, 2.24) is 10.2 Å². The monoisotopic (exact) mass is 367 g/mol. The topological polar surface area (TPSA) is 108 Å². The maximum Gasteiger partial charge on any atom is 0.338 e. The molecular weight excluding hydrogens is 350 g/mol. The molecule has 0 aliphatic carbocycles. The molecule has 0 amide bonds. The van der Waals surface area contributed by atoms with Crippen molar-refractivity contribution in [2.75, 3.05) is 0 Å². The van der Waals surface area contributed by atoms with Gasteiger partial charge in [-0.05, 0) is 45.0 Å². The van der Waals surface area contributed by atoms with Crippen LogP contribution in [0.15, 0.2) is 46.9 Å². The molecule has 0 aliphatic rings. The van der Waals surface area contributed by atoms with E-state index in [1.807, 2.05) is 19.9 Å². The molecule has 0 bridgehead atoms. The highest BCUT2D eigenvalue weighted by Crippen LogP contribution is 2.25. The van der Waals surface area contributed by atoms with E-state index in [0.29, 0.717) is 11.1 Å². The Morgan fingerprint density at radius 1 is 1.11 bits per heavy atom. The quantitative estimate of drug-likeness (QED) is 0.378. The second-order valence-corrected chi connectivity index (χ2v) is 6.17. The average Bonchev–Trinajstić information content (AvgIpc) is 3.11. The normalized spacial score (nSPS) is 11.8. The van der Waals surface area contributed by atoms with Crippen LogP contribution >= 0.6 is 0 Å². The summed E-state index contributed by atoms with van der Waals surface area (Å²) < 4.78 is 11.0.